The van der Waals surface area contributed by atoms with Gasteiger partial charge < -0.3 is 9.88 Å². The predicted molar refractivity (Wildman–Crippen MR) is 81.0 cm³/mol. The van der Waals surface area contributed by atoms with E-state index >= 15 is 0 Å². The minimum atomic E-state index is -0.735. The van der Waals surface area contributed by atoms with Gasteiger partial charge in [0.2, 0.25) is 5.95 Å². The van der Waals surface area contributed by atoms with Gasteiger partial charge in [0.15, 0.2) is 0 Å². The molecule has 1 aliphatic rings. The van der Waals surface area contributed by atoms with E-state index in [2.05, 4.69) is 21.1 Å². The summed E-state index contributed by atoms with van der Waals surface area (Å²) >= 11 is 0. The third-order valence-electron chi connectivity index (χ3n) is 4.04. The van der Waals surface area contributed by atoms with Crippen molar-refractivity contribution in [2.75, 3.05) is 18.1 Å². The van der Waals surface area contributed by atoms with Gasteiger partial charge in [-0.1, -0.05) is 26.2 Å². The van der Waals surface area contributed by atoms with E-state index in [0.29, 0.717) is 6.04 Å². The van der Waals surface area contributed by atoms with Crippen molar-refractivity contribution >= 4 is 16.7 Å². The lowest BCUT2D eigenvalue weighted by molar-refractivity contribution is 0.356. The largest absolute Gasteiger partial charge is 0.356 e. The fourth-order valence-electron chi connectivity index (χ4n) is 2.66. The second-order valence-electron chi connectivity index (χ2n) is 5.47. The molecule has 108 valence electrons. The maximum Gasteiger partial charge on any atom is 0.203 e. The average molecular weight is 283 g/mol. The number of aromatic nitrogens is 2. The van der Waals surface area contributed by atoms with E-state index in [4.69, 9.17) is 0 Å². The van der Waals surface area contributed by atoms with Crippen LogP contribution in [0, 0.1) is 0 Å². The van der Waals surface area contributed by atoms with E-state index in [1.807, 2.05) is 13.1 Å². The van der Waals surface area contributed by atoms with Gasteiger partial charge in [-0.2, -0.15) is 0 Å². The van der Waals surface area contributed by atoms with Crippen LogP contribution in [0.5, 0.6) is 0 Å². The quantitative estimate of drug-likeness (QED) is 0.873. The van der Waals surface area contributed by atoms with E-state index in [-0.39, 0.29) is 5.25 Å². The standard InChI is InChI=1S/C14H25N3OS/c1-12(19(2)18)8-9-15-14-16-10-11-17(14)13-6-4-3-5-7-13/h10-13H,3-9H2,1-2H3,(H,15,16). The second-order valence-corrected chi connectivity index (χ2v) is 7.28. The zero-order chi connectivity index (χ0) is 13.7. The van der Waals surface area contributed by atoms with Crippen molar-refractivity contribution in [2.45, 2.75) is 56.7 Å². The SMILES string of the molecule is CC(CCNc1nccn1C1CCCCC1)S(C)=O. The number of hydrogen-bond donors (Lipinski definition) is 1. The van der Waals surface area contributed by atoms with E-state index in [9.17, 15) is 4.21 Å². The van der Waals surface area contributed by atoms with Crippen molar-refractivity contribution in [3.63, 3.8) is 0 Å². The smallest absolute Gasteiger partial charge is 0.203 e. The Morgan fingerprint density at radius 2 is 2.21 bits per heavy atom. The van der Waals surface area contributed by atoms with E-state index in [1.54, 1.807) is 6.26 Å². The van der Waals surface area contributed by atoms with E-state index < -0.39 is 10.8 Å². The number of hydrogen-bond acceptors (Lipinski definition) is 3. The zero-order valence-electron chi connectivity index (χ0n) is 12.0. The number of anilines is 1. The van der Waals surface area contributed by atoms with E-state index in [1.165, 1.54) is 32.1 Å². The molecule has 0 spiro atoms. The molecule has 0 radical (unpaired) electrons. The van der Waals surface area contributed by atoms with Crippen LogP contribution in [0.1, 0.15) is 51.5 Å². The molecule has 1 aliphatic carbocycles. The van der Waals surface area contributed by atoms with Crippen molar-refractivity contribution < 1.29 is 4.21 Å². The predicted octanol–water partition coefficient (Wildman–Crippen LogP) is 2.96. The van der Waals surface area contributed by atoms with Gasteiger partial charge in [0.05, 0.1) is 0 Å². The Morgan fingerprint density at radius 3 is 2.89 bits per heavy atom. The van der Waals surface area contributed by atoms with Crippen molar-refractivity contribution in [2.24, 2.45) is 0 Å². The summed E-state index contributed by atoms with van der Waals surface area (Å²) in [5, 5.41) is 3.64. The lowest BCUT2D eigenvalue weighted by Crippen LogP contribution is -2.19. The van der Waals surface area contributed by atoms with Gasteiger partial charge >= 0.3 is 0 Å². The monoisotopic (exact) mass is 283 g/mol. The van der Waals surface area contributed by atoms with Crippen LogP contribution in [0.2, 0.25) is 0 Å². The number of rotatable bonds is 6. The highest BCUT2D eigenvalue weighted by molar-refractivity contribution is 7.84. The maximum absolute atomic E-state index is 11.3. The molecule has 0 bridgehead atoms. The first-order valence-corrected chi connectivity index (χ1v) is 8.89. The molecule has 2 unspecified atom stereocenters. The molecular formula is C14H25N3OS. The molecule has 2 atom stereocenters. The summed E-state index contributed by atoms with van der Waals surface area (Å²) in [5.74, 6) is 0.973. The molecule has 0 saturated heterocycles. The van der Waals surface area contributed by atoms with Gasteiger partial charge in [0, 0.05) is 47.3 Å². The molecule has 5 heteroatoms. The molecule has 0 amide bonds. The van der Waals surface area contributed by atoms with E-state index in [0.717, 1.165) is 18.9 Å². The highest BCUT2D eigenvalue weighted by Crippen LogP contribution is 2.30. The summed E-state index contributed by atoms with van der Waals surface area (Å²) < 4.78 is 13.6. The number of nitrogens with zero attached hydrogens (tertiary/aromatic N) is 2. The first-order valence-electron chi connectivity index (χ1n) is 7.27. The summed E-state index contributed by atoms with van der Waals surface area (Å²) in [5.41, 5.74) is 0. The molecule has 19 heavy (non-hydrogen) atoms. The Kier molecular flexibility index (Phi) is 5.43. The fourth-order valence-corrected chi connectivity index (χ4v) is 3.11. The molecule has 4 nitrogen and oxygen atoms in total. The summed E-state index contributed by atoms with van der Waals surface area (Å²) in [6.07, 6.45) is 13.2. The van der Waals surface area contributed by atoms with Crippen molar-refractivity contribution in [1.29, 1.82) is 0 Å². The molecule has 0 aromatic carbocycles. The molecule has 2 rings (SSSR count). The summed E-state index contributed by atoms with van der Waals surface area (Å²) in [6, 6.07) is 0.608. The Labute approximate surface area is 118 Å². The minimum Gasteiger partial charge on any atom is -0.356 e. The topological polar surface area (TPSA) is 46.9 Å². The van der Waals surface area contributed by atoms with Gasteiger partial charge in [0.25, 0.3) is 0 Å². The Bertz CT molecular complexity index is 413. The molecule has 1 aromatic heterocycles. The van der Waals surface area contributed by atoms with Gasteiger partial charge in [-0.15, -0.1) is 0 Å². The summed E-state index contributed by atoms with van der Waals surface area (Å²) in [4.78, 5) is 4.41. The minimum absolute atomic E-state index is 0.241. The molecule has 1 N–H and O–H groups in total. The Hall–Kier alpha value is -0.840. The van der Waals surface area contributed by atoms with Gasteiger partial charge in [-0.05, 0) is 19.3 Å². The third kappa shape index (κ3) is 4.06. The lowest BCUT2D eigenvalue weighted by Gasteiger charge is -2.24. The van der Waals surface area contributed by atoms with Crippen LogP contribution in [-0.2, 0) is 10.8 Å². The highest BCUT2D eigenvalue weighted by Gasteiger charge is 2.17. The lowest BCUT2D eigenvalue weighted by atomic mass is 9.95. The van der Waals surface area contributed by atoms with Crippen LogP contribution < -0.4 is 5.32 Å². The van der Waals surface area contributed by atoms with Gasteiger partial charge in [-0.25, -0.2) is 4.98 Å². The summed E-state index contributed by atoms with van der Waals surface area (Å²) in [6.45, 7) is 2.87. The molecule has 1 fully saturated rings. The number of nitrogens with one attached hydrogen (secondary N) is 1. The first kappa shape index (κ1) is 14.6. The number of imidazole rings is 1. The molecule has 0 aliphatic heterocycles. The van der Waals surface area contributed by atoms with Crippen LogP contribution in [0.3, 0.4) is 0 Å². The zero-order valence-corrected chi connectivity index (χ0v) is 12.8. The molecule has 1 heterocycles. The van der Waals surface area contributed by atoms with Crippen molar-refractivity contribution in [1.82, 2.24) is 9.55 Å². The van der Waals surface area contributed by atoms with Crippen LogP contribution >= 0.6 is 0 Å². The van der Waals surface area contributed by atoms with Gasteiger partial charge in [0.1, 0.15) is 0 Å². The molecule has 1 saturated carbocycles. The summed E-state index contributed by atoms with van der Waals surface area (Å²) in [7, 11) is -0.735. The third-order valence-corrected chi connectivity index (χ3v) is 5.41. The average Bonchev–Trinajstić information content (AvgIpc) is 2.88. The Balaban J connectivity index is 1.87. The van der Waals surface area contributed by atoms with Crippen LogP contribution in [0.15, 0.2) is 12.4 Å². The second kappa shape index (κ2) is 7.08. The van der Waals surface area contributed by atoms with Gasteiger partial charge in [-0.3, -0.25) is 4.21 Å². The highest BCUT2D eigenvalue weighted by atomic mass is 32.2. The Morgan fingerprint density at radius 1 is 1.47 bits per heavy atom. The normalized spacial score (nSPS) is 20.1. The van der Waals surface area contributed by atoms with Crippen molar-refractivity contribution in [3.8, 4) is 0 Å². The maximum atomic E-state index is 11.3. The molecule has 1 aromatic rings. The first-order chi connectivity index (χ1) is 9.18. The fraction of sp³-hybridized carbons (Fsp3) is 0.786. The van der Waals surface area contributed by atoms with Crippen molar-refractivity contribution in [3.05, 3.63) is 12.4 Å². The van der Waals surface area contributed by atoms with Crippen LogP contribution in [0.4, 0.5) is 5.95 Å². The van der Waals surface area contributed by atoms with Crippen LogP contribution in [0.25, 0.3) is 0 Å². The molecular weight excluding hydrogens is 258 g/mol. The van der Waals surface area contributed by atoms with Crippen LogP contribution in [-0.4, -0.2) is 31.8 Å².